The normalized spacial score (nSPS) is 16.8. The molecule has 0 bridgehead atoms. The zero-order chi connectivity index (χ0) is 17.1. The molecule has 0 aromatic carbocycles. The van der Waals surface area contributed by atoms with Crippen LogP contribution in [0.15, 0.2) is 23.4 Å². The van der Waals surface area contributed by atoms with E-state index in [0.29, 0.717) is 5.92 Å². The molecule has 3 rings (SSSR count). The van der Waals surface area contributed by atoms with Crippen LogP contribution in [0, 0.1) is 5.92 Å². The Morgan fingerprint density at radius 3 is 2.62 bits per heavy atom. The summed E-state index contributed by atoms with van der Waals surface area (Å²) < 4.78 is 3.59. The average Bonchev–Trinajstić information content (AvgIpc) is 2.96. The van der Waals surface area contributed by atoms with E-state index in [1.165, 1.54) is 0 Å². The van der Waals surface area contributed by atoms with Crippen LogP contribution in [0.2, 0.25) is 0 Å². The van der Waals surface area contributed by atoms with Crippen molar-refractivity contribution in [3.05, 3.63) is 40.3 Å². The first kappa shape index (κ1) is 16.8. The van der Waals surface area contributed by atoms with Crippen LogP contribution in [0.4, 0.5) is 0 Å². The molecule has 1 fully saturated rings. The van der Waals surface area contributed by atoms with E-state index in [-0.39, 0.29) is 11.5 Å². The minimum atomic E-state index is 0.0667. The van der Waals surface area contributed by atoms with Gasteiger partial charge in [0.15, 0.2) is 0 Å². The molecule has 0 radical (unpaired) electrons. The molecule has 2 aromatic heterocycles. The van der Waals surface area contributed by atoms with Gasteiger partial charge >= 0.3 is 0 Å². The fraction of sp³-hybridized carbons (Fsp3) is 0.647. The minimum absolute atomic E-state index is 0.0667. The van der Waals surface area contributed by atoms with Gasteiger partial charge in [-0.1, -0.05) is 19.1 Å². The van der Waals surface area contributed by atoms with Crippen LogP contribution in [-0.2, 0) is 20.1 Å². The molecule has 24 heavy (non-hydrogen) atoms. The molecule has 7 nitrogen and oxygen atoms in total. The number of nitrogens with zero attached hydrogens (tertiary/aromatic N) is 6. The summed E-state index contributed by atoms with van der Waals surface area (Å²) in [5.74, 6) is 0.826. The van der Waals surface area contributed by atoms with Crippen LogP contribution >= 0.6 is 0 Å². The number of aromatic nitrogens is 5. The molecule has 1 aliphatic rings. The van der Waals surface area contributed by atoms with Gasteiger partial charge in [-0.3, -0.25) is 18.9 Å². The molecule has 130 valence electrons. The first-order valence-electron chi connectivity index (χ1n) is 8.65. The van der Waals surface area contributed by atoms with Gasteiger partial charge in [0.2, 0.25) is 0 Å². The predicted octanol–water partition coefficient (Wildman–Crippen LogP) is 1.41. The van der Waals surface area contributed by atoms with Crippen molar-refractivity contribution in [1.82, 2.24) is 29.4 Å². The second-order valence-corrected chi connectivity index (χ2v) is 7.03. The van der Waals surface area contributed by atoms with E-state index in [4.69, 9.17) is 0 Å². The number of rotatable bonds is 5. The summed E-state index contributed by atoms with van der Waals surface area (Å²) in [7, 11) is 1.93. The van der Waals surface area contributed by atoms with Crippen molar-refractivity contribution in [2.24, 2.45) is 13.0 Å². The Balaban J connectivity index is 1.54. The summed E-state index contributed by atoms with van der Waals surface area (Å²) in [5.41, 5.74) is 2.08. The predicted molar refractivity (Wildman–Crippen MR) is 91.6 cm³/mol. The van der Waals surface area contributed by atoms with Gasteiger partial charge in [0.25, 0.3) is 5.56 Å². The fourth-order valence-electron chi connectivity index (χ4n) is 3.18. The standard InChI is InChI=1S/C17H26N6O/c1-13(2)16-8-17(24)23(12-18-16)10-14-4-6-22(7-5-14)11-15-9-19-20-21(15)3/h8-9,12-14H,4-7,10-11H2,1-3H3. The topological polar surface area (TPSA) is 68.8 Å². The maximum absolute atomic E-state index is 12.2. The Bertz CT molecular complexity index is 727. The Hall–Kier alpha value is -2.02. The molecule has 2 aromatic rings. The van der Waals surface area contributed by atoms with E-state index >= 15 is 0 Å². The van der Waals surface area contributed by atoms with E-state index in [1.807, 2.05) is 17.9 Å². The number of aryl methyl sites for hydroxylation is 1. The molecule has 7 heteroatoms. The zero-order valence-electron chi connectivity index (χ0n) is 14.7. The molecule has 1 saturated heterocycles. The van der Waals surface area contributed by atoms with Crippen molar-refractivity contribution in [2.75, 3.05) is 13.1 Å². The summed E-state index contributed by atoms with van der Waals surface area (Å²) in [6, 6.07) is 1.68. The fourth-order valence-corrected chi connectivity index (χ4v) is 3.18. The maximum Gasteiger partial charge on any atom is 0.253 e. The van der Waals surface area contributed by atoms with Gasteiger partial charge in [-0.15, -0.1) is 5.10 Å². The van der Waals surface area contributed by atoms with Crippen molar-refractivity contribution in [2.45, 2.75) is 45.7 Å². The number of likely N-dealkylation sites (tertiary alicyclic amines) is 1. The first-order valence-corrected chi connectivity index (χ1v) is 8.65. The molecule has 0 N–H and O–H groups in total. The van der Waals surface area contributed by atoms with Crippen LogP contribution in [0.5, 0.6) is 0 Å². The van der Waals surface area contributed by atoms with Gasteiger partial charge in [0, 0.05) is 26.2 Å². The number of piperidine rings is 1. The van der Waals surface area contributed by atoms with Crippen LogP contribution in [0.3, 0.4) is 0 Å². The third-order valence-corrected chi connectivity index (χ3v) is 4.85. The van der Waals surface area contributed by atoms with Crippen LogP contribution < -0.4 is 5.56 Å². The highest BCUT2D eigenvalue weighted by Crippen LogP contribution is 2.20. The largest absolute Gasteiger partial charge is 0.299 e. The molecule has 0 amide bonds. The van der Waals surface area contributed by atoms with Crippen LogP contribution in [0.25, 0.3) is 0 Å². The maximum atomic E-state index is 12.2. The molecule has 3 heterocycles. The van der Waals surface area contributed by atoms with Crippen molar-refractivity contribution in [3.8, 4) is 0 Å². The number of hydrogen-bond acceptors (Lipinski definition) is 5. The summed E-state index contributed by atoms with van der Waals surface area (Å²) in [6.45, 7) is 7.86. The Kier molecular flexibility index (Phi) is 5.08. The van der Waals surface area contributed by atoms with Crippen molar-refractivity contribution >= 4 is 0 Å². The zero-order valence-corrected chi connectivity index (χ0v) is 14.7. The lowest BCUT2D eigenvalue weighted by atomic mass is 9.96. The monoisotopic (exact) mass is 330 g/mol. The molecule has 1 aliphatic heterocycles. The molecule has 0 atom stereocenters. The van der Waals surface area contributed by atoms with Gasteiger partial charge in [-0.05, 0) is 37.8 Å². The third kappa shape index (κ3) is 3.90. The van der Waals surface area contributed by atoms with Crippen LogP contribution in [0.1, 0.15) is 44.0 Å². The SMILES string of the molecule is CC(C)c1cc(=O)n(CC2CCN(Cc3cnnn3C)CC2)cn1. The molecule has 0 spiro atoms. The van der Waals surface area contributed by atoms with Crippen molar-refractivity contribution in [1.29, 1.82) is 0 Å². The van der Waals surface area contributed by atoms with Gasteiger partial charge in [-0.2, -0.15) is 0 Å². The Morgan fingerprint density at radius 2 is 2.04 bits per heavy atom. The summed E-state index contributed by atoms with van der Waals surface area (Å²) >= 11 is 0. The highest BCUT2D eigenvalue weighted by atomic mass is 16.1. The van der Waals surface area contributed by atoms with E-state index in [1.54, 1.807) is 17.0 Å². The second kappa shape index (κ2) is 7.25. The first-order chi connectivity index (χ1) is 11.5. The number of hydrogen-bond donors (Lipinski definition) is 0. The van der Waals surface area contributed by atoms with E-state index < -0.39 is 0 Å². The van der Waals surface area contributed by atoms with Gasteiger partial charge in [-0.25, -0.2) is 4.98 Å². The van der Waals surface area contributed by atoms with Gasteiger partial charge < -0.3 is 0 Å². The average molecular weight is 330 g/mol. The lowest BCUT2D eigenvalue weighted by molar-refractivity contribution is 0.163. The molecular weight excluding hydrogens is 304 g/mol. The summed E-state index contributed by atoms with van der Waals surface area (Å²) in [6.07, 6.45) is 5.74. The minimum Gasteiger partial charge on any atom is -0.299 e. The van der Waals surface area contributed by atoms with Crippen molar-refractivity contribution in [3.63, 3.8) is 0 Å². The van der Waals surface area contributed by atoms with Gasteiger partial charge in [0.1, 0.15) is 0 Å². The van der Waals surface area contributed by atoms with Crippen LogP contribution in [-0.4, -0.2) is 42.5 Å². The second-order valence-electron chi connectivity index (χ2n) is 7.03. The highest BCUT2D eigenvalue weighted by Gasteiger charge is 2.21. The van der Waals surface area contributed by atoms with E-state index in [9.17, 15) is 4.79 Å². The smallest absolute Gasteiger partial charge is 0.253 e. The Morgan fingerprint density at radius 1 is 1.29 bits per heavy atom. The van der Waals surface area contributed by atoms with Crippen molar-refractivity contribution < 1.29 is 0 Å². The lowest BCUT2D eigenvalue weighted by Crippen LogP contribution is -2.36. The summed E-state index contributed by atoms with van der Waals surface area (Å²) in [4.78, 5) is 19.1. The molecule has 0 saturated carbocycles. The lowest BCUT2D eigenvalue weighted by Gasteiger charge is -2.31. The van der Waals surface area contributed by atoms with E-state index in [0.717, 1.165) is 50.4 Å². The highest BCUT2D eigenvalue weighted by molar-refractivity contribution is 5.04. The van der Waals surface area contributed by atoms with E-state index in [2.05, 4.69) is 34.0 Å². The van der Waals surface area contributed by atoms with Gasteiger partial charge in [0.05, 0.1) is 23.9 Å². The molecular formula is C17H26N6O. The molecule has 0 aliphatic carbocycles. The Labute approximate surface area is 142 Å². The third-order valence-electron chi connectivity index (χ3n) is 4.85. The summed E-state index contributed by atoms with van der Waals surface area (Å²) in [5, 5.41) is 7.91. The molecule has 0 unspecified atom stereocenters. The quantitative estimate of drug-likeness (QED) is 0.829.